The van der Waals surface area contributed by atoms with Crippen molar-refractivity contribution in [2.24, 2.45) is 4.99 Å². The number of nitrogens with zero attached hydrogens (tertiary/aromatic N) is 1. The van der Waals surface area contributed by atoms with Crippen LogP contribution in [0.3, 0.4) is 0 Å². The number of hydrogen-bond acceptors (Lipinski definition) is 3. The van der Waals surface area contributed by atoms with Crippen molar-refractivity contribution in [3.05, 3.63) is 60.1 Å². The largest absolute Gasteiger partial charge is 0.467 e. The molecule has 0 radical (unpaired) electrons. The Kier molecular flexibility index (Phi) is 8.82. The van der Waals surface area contributed by atoms with E-state index in [1.807, 2.05) is 6.07 Å². The monoisotopic (exact) mass is 496 g/mol. The number of carbonyl (C=O) groups is 1. The lowest BCUT2D eigenvalue weighted by Gasteiger charge is -2.30. The molecular formula is C21H29IN4O2. The summed E-state index contributed by atoms with van der Waals surface area (Å²) >= 11 is 0. The minimum Gasteiger partial charge on any atom is -0.467 e. The standard InChI is InChI=1S/C21H28N4O2.HI/c1-22-20(24-15-19(26)23-14-18-10-7-13-27-18)25-16-21(11-5-6-12-21)17-8-3-2-4-9-17;/h2-4,7-10,13H,5-6,11-12,14-16H2,1H3,(H,23,26)(H2,22,24,25);1H. The fourth-order valence-electron chi connectivity index (χ4n) is 3.71. The van der Waals surface area contributed by atoms with E-state index in [0.29, 0.717) is 12.5 Å². The Balaban J connectivity index is 0.00000280. The zero-order valence-electron chi connectivity index (χ0n) is 16.2. The van der Waals surface area contributed by atoms with Crippen molar-refractivity contribution in [2.75, 3.05) is 20.1 Å². The van der Waals surface area contributed by atoms with Crippen LogP contribution in [0.1, 0.15) is 37.0 Å². The maximum absolute atomic E-state index is 12.0. The number of amides is 1. The molecule has 0 aliphatic heterocycles. The van der Waals surface area contributed by atoms with Crippen molar-refractivity contribution in [1.82, 2.24) is 16.0 Å². The average Bonchev–Trinajstić information content (AvgIpc) is 3.40. The van der Waals surface area contributed by atoms with Crippen LogP contribution in [0.25, 0.3) is 0 Å². The van der Waals surface area contributed by atoms with Gasteiger partial charge in [-0.3, -0.25) is 9.79 Å². The highest BCUT2D eigenvalue weighted by Crippen LogP contribution is 2.40. The van der Waals surface area contributed by atoms with Crippen molar-refractivity contribution < 1.29 is 9.21 Å². The highest BCUT2D eigenvalue weighted by atomic mass is 127. The van der Waals surface area contributed by atoms with Gasteiger partial charge in [0.05, 0.1) is 19.4 Å². The van der Waals surface area contributed by atoms with Gasteiger partial charge >= 0.3 is 0 Å². The van der Waals surface area contributed by atoms with Gasteiger partial charge in [-0.1, -0.05) is 43.2 Å². The quantitative estimate of drug-likeness (QED) is 0.313. The van der Waals surface area contributed by atoms with Gasteiger partial charge in [0.1, 0.15) is 5.76 Å². The Morgan fingerprint density at radius 3 is 2.46 bits per heavy atom. The summed E-state index contributed by atoms with van der Waals surface area (Å²) in [6.45, 7) is 1.36. The minimum absolute atomic E-state index is 0. The van der Waals surface area contributed by atoms with E-state index in [0.717, 1.165) is 12.3 Å². The normalized spacial score (nSPS) is 15.5. The number of benzene rings is 1. The number of furan rings is 1. The molecule has 152 valence electrons. The van der Waals surface area contributed by atoms with E-state index in [4.69, 9.17) is 4.42 Å². The van der Waals surface area contributed by atoms with Crippen LogP contribution in [0.15, 0.2) is 58.1 Å². The molecule has 1 saturated carbocycles. The molecule has 1 aromatic heterocycles. The molecule has 2 aromatic rings. The fraction of sp³-hybridized carbons (Fsp3) is 0.429. The maximum atomic E-state index is 12.0. The van der Waals surface area contributed by atoms with E-state index in [9.17, 15) is 4.79 Å². The van der Waals surface area contributed by atoms with Crippen LogP contribution in [0, 0.1) is 0 Å². The van der Waals surface area contributed by atoms with Crippen LogP contribution in [0.4, 0.5) is 0 Å². The molecule has 1 amide bonds. The molecule has 28 heavy (non-hydrogen) atoms. The molecule has 3 N–H and O–H groups in total. The molecule has 1 aliphatic carbocycles. The number of halogens is 1. The van der Waals surface area contributed by atoms with Gasteiger partial charge in [0.25, 0.3) is 0 Å². The number of aliphatic imine (C=N–C) groups is 1. The second-order valence-corrected chi connectivity index (χ2v) is 6.99. The zero-order chi connectivity index (χ0) is 19.0. The van der Waals surface area contributed by atoms with Crippen LogP contribution >= 0.6 is 24.0 Å². The molecule has 3 rings (SSSR count). The molecule has 1 aliphatic rings. The van der Waals surface area contributed by atoms with Crippen molar-refractivity contribution in [1.29, 1.82) is 0 Å². The number of rotatable bonds is 7. The third-order valence-electron chi connectivity index (χ3n) is 5.22. The Bertz CT molecular complexity index is 741. The predicted molar refractivity (Wildman–Crippen MR) is 122 cm³/mol. The number of guanidine groups is 1. The maximum Gasteiger partial charge on any atom is 0.239 e. The number of nitrogens with one attached hydrogen (secondary N) is 3. The van der Waals surface area contributed by atoms with Gasteiger partial charge in [-0.25, -0.2) is 0 Å². The summed E-state index contributed by atoms with van der Waals surface area (Å²) in [6.07, 6.45) is 6.43. The predicted octanol–water partition coefficient (Wildman–Crippen LogP) is 3.19. The zero-order valence-corrected chi connectivity index (χ0v) is 18.6. The molecule has 7 heteroatoms. The SMILES string of the molecule is CN=C(NCC(=O)NCc1ccco1)NCC1(c2ccccc2)CCCC1.I. The third kappa shape index (κ3) is 5.98. The average molecular weight is 496 g/mol. The van der Waals surface area contributed by atoms with Crippen LogP contribution in [-0.2, 0) is 16.8 Å². The van der Waals surface area contributed by atoms with Gasteiger partial charge in [-0.2, -0.15) is 0 Å². The first kappa shape index (κ1) is 22.3. The first-order valence-corrected chi connectivity index (χ1v) is 9.51. The van der Waals surface area contributed by atoms with E-state index in [1.54, 1.807) is 19.4 Å². The molecule has 1 aromatic carbocycles. The summed E-state index contributed by atoms with van der Waals surface area (Å²) in [5.41, 5.74) is 1.52. The molecule has 0 spiro atoms. The summed E-state index contributed by atoms with van der Waals surface area (Å²) in [5.74, 6) is 1.27. The molecule has 1 fully saturated rings. The van der Waals surface area contributed by atoms with Crippen LogP contribution in [-0.4, -0.2) is 32.0 Å². The van der Waals surface area contributed by atoms with Crippen LogP contribution in [0.5, 0.6) is 0 Å². The summed E-state index contributed by atoms with van der Waals surface area (Å²) in [7, 11) is 1.72. The lowest BCUT2D eigenvalue weighted by atomic mass is 9.79. The molecule has 0 unspecified atom stereocenters. The van der Waals surface area contributed by atoms with Gasteiger partial charge in [-0.05, 0) is 30.5 Å². The lowest BCUT2D eigenvalue weighted by molar-refractivity contribution is -0.120. The Labute approximate surface area is 183 Å². The molecule has 6 nitrogen and oxygen atoms in total. The summed E-state index contributed by atoms with van der Waals surface area (Å²) in [5, 5.41) is 9.32. The topological polar surface area (TPSA) is 78.7 Å². The van der Waals surface area contributed by atoms with Gasteiger partial charge in [0.15, 0.2) is 5.96 Å². The van der Waals surface area contributed by atoms with Gasteiger partial charge in [-0.15, -0.1) is 24.0 Å². The van der Waals surface area contributed by atoms with Crippen LogP contribution in [0.2, 0.25) is 0 Å². The van der Waals surface area contributed by atoms with Gasteiger partial charge < -0.3 is 20.4 Å². The van der Waals surface area contributed by atoms with E-state index < -0.39 is 0 Å². The Morgan fingerprint density at radius 1 is 1.07 bits per heavy atom. The van der Waals surface area contributed by atoms with E-state index in [2.05, 4.69) is 51.3 Å². The van der Waals surface area contributed by atoms with Crippen molar-refractivity contribution in [3.63, 3.8) is 0 Å². The van der Waals surface area contributed by atoms with Crippen molar-refractivity contribution in [3.8, 4) is 0 Å². The first-order valence-electron chi connectivity index (χ1n) is 9.51. The summed E-state index contributed by atoms with van der Waals surface area (Å²) in [4.78, 5) is 16.3. The van der Waals surface area contributed by atoms with E-state index in [-0.39, 0.29) is 41.8 Å². The first-order chi connectivity index (χ1) is 13.2. The second kappa shape index (κ2) is 11.1. The molecular weight excluding hydrogens is 467 g/mol. The fourth-order valence-corrected chi connectivity index (χ4v) is 3.71. The second-order valence-electron chi connectivity index (χ2n) is 6.99. The Hall–Kier alpha value is -2.03. The molecule has 0 saturated heterocycles. The number of carbonyl (C=O) groups excluding carboxylic acids is 1. The Morgan fingerprint density at radius 2 is 1.82 bits per heavy atom. The smallest absolute Gasteiger partial charge is 0.239 e. The van der Waals surface area contributed by atoms with Crippen molar-refractivity contribution >= 4 is 35.8 Å². The van der Waals surface area contributed by atoms with Gasteiger partial charge in [0.2, 0.25) is 5.91 Å². The molecule has 0 bridgehead atoms. The van der Waals surface area contributed by atoms with E-state index >= 15 is 0 Å². The van der Waals surface area contributed by atoms with E-state index in [1.165, 1.54) is 31.2 Å². The highest BCUT2D eigenvalue weighted by Gasteiger charge is 2.35. The summed E-state index contributed by atoms with van der Waals surface area (Å²) in [6, 6.07) is 14.3. The van der Waals surface area contributed by atoms with Gasteiger partial charge in [0, 0.05) is 19.0 Å². The molecule has 1 heterocycles. The summed E-state index contributed by atoms with van der Waals surface area (Å²) < 4.78 is 5.21. The van der Waals surface area contributed by atoms with Crippen LogP contribution < -0.4 is 16.0 Å². The van der Waals surface area contributed by atoms with Crippen molar-refractivity contribution in [2.45, 2.75) is 37.6 Å². The number of hydrogen-bond donors (Lipinski definition) is 3. The minimum atomic E-state index is -0.104. The molecule has 0 atom stereocenters. The highest BCUT2D eigenvalue weighted by molar-refractivity contribution is 14.0. The third-order valence-corrected chi connectivity index (χ3v) is 5.22. The lowest BCUT2D eigenvalue weighted by Crippen LogP contribution is -2.47.